The van der Waals surface area contributed by atoms with Gasteiger partial charge in [0.25, 0.3) is 0 Å². The lowest BCUT2D eigenvalue weighted by Crippen LogP contribution is -2.60. The van der Waals surface area contributed by atoms with Crippen molar-refractivity contribution in [3.8, 4) is 0 Å². The molecule has 0 aliphatic carbocycles. The zero-order valence-electron chi connectivity index (χ0n) is 13.4. The van der Waals surface area contributed by atoms with Crippen LogP contribution in [0.2, 0.25) is 0 Å². The maximum Gasteiger partial charge on any atom is 0.410 e. The molecule has 1 fully saturated rings. The molecule has 1 heterocycles. The van der Waals surface area contributed by atoms with Gasteiger partial charge < -0.3 is 14.5 Å². The molecule has 0 aromatic heterocycles. The smallest absolute Gasteiger partial charge is 0.410 e. The van der Waals surface area contributed by atoms with Crippen LogP contribution < -0.4 is 0 Å². The number of rotatable bonds is 1. The molecule has 2 atom stereocenters. The number of ether oxygens (including phenoxy) is 1. The van der Waals surface area contributed by atoms with Crippen LogP contribution in [0.5, 0.6) is 0 Å². The van der Waals surface area contributed by atoms with E-state index < -0.39 is 5.60 Å². The fraction of sp³-hybridized carbons (Fsp3) is 0.733. The molecule has 0 aromatic carbocycles. The van der Waals surface area contributed by atoms with Crippen molar-refractivity contribution in [1.29, 1.82) is 0 Å². The molecule has 0 saturated carbocycles. The summed E-state index contributed by atoms with van der Waals surface area (Å²) in [5.41, 5.74) is 0.0137. The van der Waals surface area contributed by atoms with Crippen LogP contribution >= 0.6 is 0 Å². The minimum absolute atomic E-state index is 0.0390. The van der Waals surface area contributed by atoms with Crippen molar-refractivity contribution < 1.29 is 14.3 Å². The van der Waals surface area contributed by atoms with Crippen LogP contribution in [-0.2, 0) is 9.53 Å². The van der Waals surface area contributed by atoms with Gasteiger partial charge in [-0.3, -0.25) is 4.79 Å². The fourth-order valence-corrected chi connectivity index (χ4v) is 2.23. The zero-order chi connectivity index (χ0) is 15.7. The van der Waals surface area contributed by atoms with E-state index in [2.05, 4.69) is 6.58 Å². The largest absolute Gasteiger partial charge is 0.444 e. The summed E-state index contributed by atoms with van der Waals surface area (Å²) in [5.74, 6) is -0.0480. The molecular formula is C15H26N2O3. The molecule has 0 N–H and O–H groups in total. The van der Waals surface area contributed by atoms with E-state index in [1.54, 1.807) is 16.7 Å². The number of hydrogen-bond donors (Lipinski definition) is 0. The summed E-state index contributed by atoms with van der Waals surface area (Å²) in [6.45, 7) is 15.8. The Bertz CT molecular complexity index is 412. The van der Waals surface area contributed by atoms with Crippen molar-refractivity contribution in [2.24, 2.45) is 0 Å². The quantitative estimate of drug-likeness (QED) is 0.694. The van der Waals surface area contributed by atoms with E-state index in [1.807, 2.05) is 34.6 Å². The van der Waals surface area contributed by atoms with Crippen molar-refractivity contribution >= 4 is 12.0 Å². The summed E-state index contributed by atoms with van der Waals surface area (Å²) in [7, 11) is 0. The highest BCUT2D eigenvalue weighted by Crippen LogP contribution is 2.20. The number of nitrogens with zero attached hydrogens (tertiary/aromatic N) is 2. The van der Waals surface area contributed by atoms with Crippen LogP contribution in [0.1, 0.15) is 41.5 Å². The summed E-state index contributed by atoms with van der Waals surface area (Å²) >= 11 is 0. The Balaban J connectivity index is 2.76. The van der Waals surface area contributed by atoms with Crippen LogP contribution in [0.15, 0.2) is 12.2 Å². The van der Waals surface area contributed by atoms with E-state index in [0.29, 0.717) is 18.7 Å². The Hall–Kier alpha value is -1.52. The van der Waals surface area contributed by atoms with Crippen molar-refractivity contribution in [3.63, 3.8) is 0 Å². The second kappa shape index (κ2) is 5.85. The monoisotopic (exact) mass is 282 g/mol. The van der Waals surface area contributed by atoms with Gasteiger partial charge in [-0.25, -0.2) is 4.79 Å². The van der Waals surface area contributed by atoms with E-state index >= 15 is 0 Å². The number of piperazine rings is 1. The summed E-state index contributed by atoms with van der Waals surface area (Å²) in [6, 6.07) is -0.104. The lowest BCUT2D eigenvalue weighted by Gasteiger charge is -2.44. The van der Waals surface area contributed by atoms with Gasteiger partial charge in [-0.15, -0.1) is 0 Å². The topological polar surface area (TPSA) is 49.9 Å². The molecule has 1 saturated heterocycles. The third-order valence-corrected chi connectivity index (χ3v) is 3.24. The Morgan fingerprint density at radius 2 is 1.55 bits per heavy atom. The van der Waals surface area contributed by atoms with Crippen molar-refractivity contribution in [3.05, 3.63) is 12.2 Å². The summed E-state index contributed by atoms with van der Waals surface area (Å²) in [4.78, 5) is 27.7. The molecule has 0 bridgehead atoms. The van der Waals surface area contributed by atoms with Gasteiger partial charge in [0.2, 0.25) is 5.91 Å². The molecule has 0 aromatic rings. The minimum Gasteiger partial charge on any atom is -0.444 e. The molecule has 5 nitrogen and oxygen atoms in total. The van der Waals surface area contributed by atoms with Gasteiger partial charge in [-0.05, 0) is 41.5 Å². The van der Waals surface area contributed by atoms with Crippen molar-refractivity contribution in [2.45, 2.75) is 59.2 Å². The molecule has 2 amide bonds. The van der Waals surface area contributed by atoms with Gasteiger partial charge in [0.15, 0.2) is 0 Å². The van der Waals surface area contributed by atoms with E-state index in [1.165, 1.54) is 0 Å². The number of carbonyl (C=O) groups excluding carboxylic acids is 2. The second-order valence-electron chi connectivity index (χ2n) is 6.57. The van der Waals surface area contributed by atoms with Gasteiger partial charge in [0.1, 0.15) is 5.60 Å². The molecule has 0 unspecified atom stereocenters. The van der Waals surface area contributed by atoms with E-state index in [4.69, 9.17) is 4.74 Å². The van der Waals surface area contributed by atoms with Crippen LogP contribution in [-0.4, -0.2) is 52.6 Å². The average Bonchev–Trinajstić information content (AvgIpc) is 2.28. The first-order valence-electron chi connectivity index (χ1n) is 6.99. The molecule has 0 radical (unpaired) electrons. The predicted molar refractivity (Wildman–Crippen MR) is 78.4 cm³/mol. The molecule has 5 heteroatoms. The SMILES string of the molecule is C=C(C)C(=O)N1C[C@H](C)N(C(=O)OC(C)(C)C)C[C@H]1C. The number of amides is 2. The van der Waals surface area contributed by atoms with Crippen LogP contribution in [0.25, 0.3) is 0 Å². The lowest BCUT2D eigenvalue weighted by atomic mass is 10.1. The minimum atomic E-state index is -0.509. The molecule has 1 rings (SSSR count). The molecular weight excluding hydrogens is 256 g/mol. The predicted octanol–water partition coefficient (Wildman–Crippen LogP) is 2.42. The van der Waals surface area contributed by atoms with Crippen LogP contribution in [0.3, 0.4) is 0 Å². The van der Waals surface area contributed by atoms with Gasteiger partial charge in [-0.1, -0.05) is 6.58 Å². The maximum atomic E-state index is 12.2. The Kier molecular flexibility index (Phi) is 4.84. The van der Waals surface area contributed by atoms with E-state index in [9.17, 15) is 9.59 Å². The lowest BCUT2D eigenvalue weighted by molar-refractivity contribution is -0.132. The second-order valence-corrected chi connectivity index (χ2v) is 6.57. The third kappa shape index (κ3) is 3.99. The highest BCUT2D eigenvalue weighted by Gasteiger charge is 2.36. The molecule has 0 spiro atoms. The Morgan fingerprint density at radius 3 is 2.00 bits per heavy atom. The van der Waals surface area contributed by atoms with Gasteiger partial charge >= 0.3 is 6.09 Å². The number of hydrogen-bond acceptors (Lipinski definition) is 3. The molecule has 20 heavy (non-hydrogen) atoms. The fourth-order valence-electron chi connectivity index (χ4n) is 2.23. The summed E-state index contributed by atoms with van der Waals surface area (Å²) in [6.07, 6.45) is -0.320. The summed E-state index contributed by atoms with van der Waals surface area (Å²) in [5, 5.41) is 0. The van der Waals surface area contributed by atoms with E-state index in [-0.39, 0.29) is 24.1 Å². The Labute approximate surface area is 121 Å². The first kappa shape index (κ1) is 16.5. The number of carbonyl (C=O) groups is 2. The standard InChI is InChI=1S/C15H26N2O3/c1-10(2)13(18)16-8-12(4)17(9-11(16)3)14(19)20-15(5,6)7/h11-12H,1,8-9H2,2-7H3/t11-,12+/m1/s1. The van der Waals surface area contributed by atoms with Crippen LogP contribution in [0.4, 0.5) is 4.79 Å². The summed E-state index contributed by atoms with van der Waals surface area (Å²) < 4.78 is 5.41. The highest BCUT2D eigenvalue weighted by atomic mass is 16.6. The normalized spacial score (nSPS) is 23.5. The highest BCUT2D eigenvalue weighted by molar-refractivity contribution is 5.92. The average molecular weight is 282 g/mol. The molecule has 1 aliphatic heterocycles. The Morgan fingerprint density at radius 1 is 1.10 bits per heavy atom. The first-order chi connectivity index (χ1) is 9.03. The third-order valence-electron chi connectivity index (χ3n) is 3.24. The van der Waals surface area contributed by atoms with Crippen molar-refractivity contribution in [1.82, 2.24) is 9.80 Å². The maximum absolute atomic E-state index is 12.2. The van der Waals surface area contributed by atoms with Gasteiger partial charge in [-0.2, -0.15) is 0 Å². The van der Waals surface area contributed by atoms with Gasteiger partial charge in [0.05, 0.1) is 0 Å². The van der Waals surface area contributed by atoms with Crippen molar-refractivity contribution in [2.75, 3.05) is 13.1 Å². The molecule has 1 aliphatic rings. The van der Waals surface area contributed by atoms with Crippen LogP contribution in [0, 0.1) is 0 Å². The first-order valence-corrected chi connectivity index (χ1v) is 6.99. The molecule has 114 valence electrons. The zero-order valence-corrected chi connectivity index (χ0v) is 13.4. The van der Waals surface area contributed by atoms with E-state index in [0.717, 1.165) is 0 Å². The van der Waals surface area contributed by atoms with Gasteiger partial charge in [0, 0.05) is 30.7 Å².